The van der Waals surface area contributed by atoms with Crippen LogP contribution in [0.15, 0.2) is 89.8 Å². The van der Waals surface area contributed by atoms with Gasteiger partial charge in [-0.05, 0) is 55.2 Å². The minimum Gasteiger partial charge on any atom is -0.493 e. The Morgan fingerprint density at radius 2 is 1.69 bits per heavy atom. The van der Waals surface area contributed by atoms with Crippen LogP contribution in [0.5, 0.6) is 5.75 Å². The Morgan fingerprint density at radius 1 is 1.00 bits per heavy atom. The fourth-order valence-corrected chi connectivity index (χ4v) is 6.46. The van der Waals surface area contributed by atoms with Crippen LogP contribution in [0.4, 0.5) is 0 Å². The van der Waals surface area contributed by atoms with Crippen LogP contribution in [0.3, 0.4) is 0 Å². The Bertz CT molecular complexity index is 1260. The summed E-state index contributed by atoms with van der Waals surface area (Å²) in [5.41, 5.74) is 1.31. The number of hydrogen-bond donors (Lipinski definition) is 0. The van der Waals surface area contributed by atoms with E-state index >= 15 is 0 Å². The molecule has 0 spiro atoms. The molecule has 0 bridgehead atoms. The number of benzene rings is 3. The summed E-state index contributed by atoms with van der Waals surface area (Å²) < 4.78 is 34.8. The van der Waals surface area contributed by atoms with E-state index < -0.39 is 15.4 Å². The molecule has 1 fully saturated rings. The third kappa shape index (κ3) is 6.33. The van der Waals surface area contributed by atoms with Crippen LogP contribution in [-0.2, 0) is 21.4 Å². The summed E-state index contributed by atoms with van der Waals surface area (Å²) in [7, 11) is -1.89. The lowest BCUT2D eigenvalue weighted by Gasteiger charge is -2.42. The molecule has 3 aromatic rings. The van der Waals surface area contributed by atoms with E-state index in [0.29, 0.717) is 31.7 Å². The number of carbonyl (C=O) groups is 1. The van der Waals surface area contributed by atoms with Gasteiger partial charge in [0.05, 0.1) is 11.5 Å². The van der Waals surface area contributed by atoms with Crippen LogP contribution < -0.4 is 4.74 Å². The molecular formula is C29H34N2O4S. The maximum atomic E-state index is 13.6. The van der Waals surface area contributed by atoms with Gasteiger partial charge < -0.3 is 9.64 Å². The van der Waals surface area contributed by atoms with Gasteiger partial charge in [-0.1, -0.05) is 60.7 Å². The first-order chi connectivity index (χ1) is 17.3. The van der Waals surface area contributed by atoms with E-state index in [-0.39, 0.29) is 30.4 Å². The quantitative estimate of drug-likeness (QED) is 0.414. The maximum Gasteiger partial charge on any atom is 0.243 e. The maximum absolute atomic E-state index is 13.6. The highest BCUT2D eigenvalue weighted by Gasteiger charge is 2.43. The van der Waals surface area contributed by atoms with Crippen LogP contribution in [0.2, 0.25) is 0 Å². The Labute approximate surface area is 214 Å². The standard InChI is InChI=1S/C29H34N2O4S/c1-24-11-9-16-27(19-24)36(33,34)31-18-10-17-29(22-31,23-35-26-14-7-4-8-15-26)20-28(32)30(2)21-25-12-5-3-6-13-25/h3-9,11-16,19H,10,17-18,20-23H2,1-2H3/t29-/m0/s1. The third-order valence-electron chi connectivity index (χ3n) is 6.76. The monoisotopic (exact) mass is 506 g/mol. The first kappa shape index (κ1) is 25.9. The van der Waals surface area contributed by atoms with Crippen LogP contribution >= 0.6 is 0 Å². The number of carbonyl (C=O) groups excluding carboxylic acids is 1. The molecule has 1 atom stereocenters. The second kappa shape index (κ2) is 11.3. The van der Waals surface area contributed by atoms with Gasteiger partial charge in [0.15, 0.2) is 0 Å². The highest BCUT2D eigenvalue weighted by Crippen LogP contribution is 2.37. The molecule has 0 N–H and O–H groups in total. The van der Waals surface area contributed by atoms with Crippen molar-refractivity contribution in [3.8, 4) is 5.75 Å². The summed E-state index contributed by atoms with van der Waals surface area (Å²) >= 11 is 0. The molecule has 1 aliphatic heterocycles. The highest BCUT2D eigenvalue weighted by molar-refractivity contribution is 7.89. The van der Waals surface area contributed by atoms with Gasteiger partial charge in [0.25, 0.3) is 0 Å². The van der Waals surface area contributed by atoms with Gasteiger partial charge >= 0.3 is 0 Å². The molecule has 6 nitrogen and oxygen atoms in total. The molecular weight excluding hydrogens is 472 g/mol. The zero-order valence-corrected chi connectivity index (χ0v) is 21.8. The van der Waals surface area contributed by atoms with E-state index in [0.717, 1.165) is 11.1 Å². The number of rotatable bonds is 9. The van der Waals surface area contributed by atoms with Crippen molar-refractivity contribution in [3.63, 3.8) is 0 Å². The largest absolute Gasteiger partial charge is 0.493 e. The summed E-state index contributed by atoms with van der Waals surface area (Å²) in [5.74, 6) is 0.686. The number of sulfonamides is 1. The van der Waals surface area contributed by atoms with E-state index in [1.165, 1.54) is 4.31 Å². The summed E-state index contributed by atoms with van der Waals surface area (Å²) in [6, 6.07) is 26.3. The van der Waals surface area contributed by atoms with Crippen molar-refractivity contribution < 1.29 is 17.9 Å². The molecule has 0 unspecified atom stereocenters. The van der Waals surface area contributed by atoms with Crippen molar-refractivity contribution in [2.75, 3.05) is 26.7 Å². The second-order valence-corrected chi connectivity index (χ2v) is 11.7. The summed E-state index contributed by atoms with van der Waals surface area (Å²) in [5, 5.41) is 0. The van der Waals surface area contributed by atoms with E-state index in [2.05, 4.69) is 0 Å². The smallest absolute Gasteiger partial charge is 0.243 e. The van der Waals surface area contributed by atoms with Gasteiger partial charge in [0.2, 0.25) is 15.9 Å². The van der Waals surface area contributed by atoms with Gasteiger partial charge in [-0.2, -0.15) is 4.31 Å². The van der Waals surface area contributed by atoms with Crippen LogP contribution in [-0.4, -0.2) is 50.3 Å². The minimum absolute atomic E-state index is 0.0229. The van der Waals surface area contributed by atoms with Crippen molar-refractivity contribution in [1.29, 1.82) is 0 Å². The van der Waals surface area contributed by atoms with Gasteiger partial charge in [-0.15, -0.1) is 0 Å². The number of para-hydroxylation sites is 1. The molecule has 1 aliphatic rings. The summed E-state index contributed by atoms with van der Waals surface area (Å²) in [6.45, 7) is 3.31. The van der Waals surface area contributed by atoms with E-state index in [1.807, 2.05) is 73.7 Å². The topological polar surface area (TPSA) is 66.9 Å². The number of piperidine rings is 1. The van der Waals surface area contributed by atoms with E-state index in [9.17, 15) is 13.2 Å². The Hall–Kier alpha value is -3.16. The van der Waals surface area contributed by atoms with Crippen molar-refractivity contribution in [2.45, 2.75) is 37.6 Å². The number of nitrogens with zero attached hydrogens (tertiary/aromatic N) is 2. The molecule has 1 heterocycles. The molecule has 36 heavy (non-hydrogen) atoms. The molecule has 1 saturated heterocycles. The lowest BCUT2D eigenvalue weighted by Crippen LogP contribution is -2.50. The first-order valence-electron chi connectivity index (χ1n) is 12.3. The third-order valence-corrected chi connectivity index (χ3v) is 8.60. The predicted octanol–water partition coefficient (Wildman–Crippen LogP) is 4.89. The van der Waals surface area contributed by atoms with Crippen LogP contribution in [0.25, 0.3) is 0 Å². The SMILES string of the molecule is Cc1cccc(S(=O)(=O)N2CCC[C@](COc3ccccc3)(CC(=O)N(C)Cc3ccccc3)C2)c1. The molecule has 0 aromatic heterocycles. The normalized spacial score (nSPS) is 18.5. The Morgan fingerprint density at radius 3 is 2.39 bits per heavy atom. The average Bonchev–Trinajstić information content (AvgIpc) is 2.89. The molecule has 7 heteroatoms. The summed E-state index contributed by atoms with van der Waals surface area (Å²) in [6.07, 6.45) is 1.59. The number of hydrogen-bond acceptors (Lipinski definition) is 4. The molecule has 0 saturated carbocycles. The summed E-state index contributed by atoms with van der Waals surface area (Å²) in [4.78, 5) is 15.4. The van der Waals surface area contributed by atoms with Crippen molar-refractivity contribution in [3.05, 3.63) is 96.1 Å². The van der Waals surface area contributed by atoms with Crippen molar-refractivity contribution in [2.24, 2.45) is 5.41 Å². The van der Waals surface area contributed by atoms with Gasteiger partial charge in [-0.3, -0.25) is 4.79 Å². The number of amides is 1. The van der Waals surface area contributed by atoms with E-state index in [4.69, 9.17) is 4.74 Å². The molecule has 190 valence electrons. The number of ether oxygens (including phenoxy) is 1. The Balaban J connectivity index is 1.57. The van der Waals surface area contributed by atoms with Gasteiger partial charge in [0, 0.05) is 38.5 Å². The number of aryl methyl sites for hydroxylation is 1. The Kier molecular flexibility index (Phi) is 8.11. The lowest BCUT2D eigenvalue weighted by molar-refractivity contribution is -0.134. The zero-order valence-electron chi connectivity index (χ0n) is 21.0. The first-order valence-corrected chi connectivity index (χ1v) is 13.7. The van der Waals surface area contributed by atoms with Crippen LogP contribution in [0, 0.1) is 12.3 Å². The van der Waals surface area contributed by atoms with Gasteiger partial charge in [0.1, 0.15) is 5.75 Å². The minimum atomic E-state index is -3.69. The second-order valence-electron chi connectivity index (χ2n) is 9.77. The molecule has 0 aliphatic carbocycles. The fraction of sp³-hybridized carbons (Fsp3) is 0.345. The molecule has 0 radical (unpaired) electrons. The van der Waals surface area contributed by atoms with Gasteiger partial charge in [-0.25, -0.2) is 8.42 Å². The van der Waals surface area contributed by atoms with Crippen molar-refractivity contribution >= 4 is 15.9 Å². The van der Waals surface area contributed by atoms with Crippen molar-refractivity contribution in [1.82, 2.24) is 9.21 Å². The fourth-order valence-electron chi connectivity index (χ4n) is 4.76. The molecule has 3 aromatic carbocycles. The average molecular weight is 507 g/mol. The van der Waals surface area contributed by atoms with E-state index in [1.54, 1.807) is 30.1 Å². The lowest BCUT2D eigenvalue weighted by atomic mass is 9.78. The molecule has 1 amide bonds. The highest BCUT2D eigenvalue weighted by atomic mass is 32.2. The predicted molar refractivity (Wildman–Crippen MR) is 141 cm³/mol. The molecule has 4 rings (SSSR count). The zero-order chi connectivity index (χ0) is 25.6. The van der Waals surface area contributed by atoms with Crippen LogP contribution in [0.1, 0.15) is 30.4 Å².